The summed E-state index contributed by atoms with van der Waals surface area (Å²) in [6, 6.07) is 4.48. The maximum Gasteiger partial charge on any atom is 0.416 e. The minimum absolute atomic E-state index is 0.146. The van der Waals surface area contributed by atoms with Crippen molar-refractivity contribution < 1.29 is 18.0 Å². The number of hydrogen-bond acceptors (Lipinski definition) is 1. The Morgan fingerprint density at radius 1 is 1.11 bits per heavy atom. The third-order valence-electron chi connectivity index (χ3n) is 1.51. The van der Waals surface area contributed by atoms with Gasteiger partial charge in [-0.3, -0.25) is 4.79 Å². The number of halogens is 3. The number of nitrogens with one attached hydrogen (secondary N) is 1. The third-order valence-corrected chi connectivity index (χ3v) is 1.51. The van der Waals surface area contributed by atoms with Gasteiger partial charge in [-0.2, -0.15) is 13.2 Å². The molecule has 0 aliphatic heterocycles. The zero-order valence-electron chi connectivity index (χ0n) is 11.4. The molecule has 1 rings (SSSR count). The highest BCUT2D eigenvalue weighted by atomic mass is 19.4. The van der Waals surface area contributed by atoms with Crippen molar-refractivity contribution in [2.45, 2.75) is 40.8 Å². The first-order valence-electron chi connectivity index (χ1n) is 5.84. The Hall–Kier alpha value is -1.52. The van der Waals surface area contributed by atoms with Crippen LogP contribution in [-0.2, 0) is 11.0 Å². The molecule has 0 saturated carbocycles. The first-order chi connectivity index (χ1) is 8.39. The predicted molar refractivity (Wildman–Crippen MR) is 68.4 cm³/mol. The summed E-state index contributed by atoms with van der Waals surface area (Å²) < 4.78 is 36.6. The van der Waals surface area contributed by atoms with Crippen LogP contribution in [0.1, 0.15) is 40.2 Å². The fourth-order valence-corrected chi connectivity index (χ4v) is 0.977. The fraction of sp³-hybridized carbons (Fsp3) is 0.462. The summed E-state index contributed by atoms with van der Waals surface area (Å²) in [5, 5.41) is 2.28. The molecular formula is C13H20F3NO. The third kappa shape index (κ3) is 7.70. The molecule has 1 aromatic rings. The number of carbonyl (C=O) groups excluding carboxylic acids is 1. The summed E-state index contributed by atoms with van der Waals surface area (Å²) in [4.78, 5) is 10.6. The van der Waals surface area contributed by atoms with Crippen molar-refractivity contribution in [2.75, 3.05) is 5.32 Å². The lowest BCUT2D eigenvalue weighted by Gasteiger charge is -2.08. The Labute approximate surface area is 106 Å². The molecule has 2 nitrogen and oxygen atoms in total. The van der Waals surface area contributed by atoms with Crippen molar-refractivity contribution in [1.82, 2.24) is 0 Å². The van der Waals surface area contributed by atoms with Gasteiger partial charge < -0.3 is 5.32 Å². The van der Waals surface area contributed by atoms with E-state index in [1.165, 1.54) is 19.1 Å². The number of anilines is 1. The van der Waals surface area contributed by atoms with Gasteiger partial charge in [0.1, 0.15) is 0 Å². The number of rotatable bonds is 1. The van der Waals surface area contributed by atoms with Crippen molar-refractivity contribution in [3.05, 3.63) is 29.8 Å². The van der Waals surface area contributed by atoms with E-state index in [0.717, 1.165) is 12.1 Å². The van der Waals surface area contributed by atoms with Crippen LogP contribution in [0.4, 0.5) is 18.9 Å². The lowest BCUT2D eigenvalue weighted by molar-refractivity contribution is -0.137. The molecule has 0 fully saturated rings. The molecule has 1 amide bonds. The quantitative estimate of drug-likeness (QED) is 0.780. The van der Waals surface area contributed by atoms with E-state index < -0.39 is 17.6 Å². The van der Waals surface area contributed by atoms with Crippen LogP contribution >= 0.6 is 0 Å². The zero-order valence-corrected chi connectivity index (χ0v) is 11.4. The molecule has 1 N–H and O–H groups in total. The van der Waals surface area contributed by atoms with Crippen LogP contribution in [0.2, 0.25) is 0 Å². The van der Waals surface area contributed by atoms with Crippen LogP contribution in [-0.4, -0.2) is 5.91 Å². The van der Waals surface area contributed by atoms with Gasteiger partial charge in [-0.25, -0.2) is 0 Å². The molecule has 0 radical (unpaired) electrons. The molecule has 1 aromatic carbocycles. The molecule has 5 heteroatoms. The van der Waals surface area contributed by atoms with E-state index in [1.807, 2.05) is 27.7 Å². The second-order valence-electron chi connectivity index (χ2n) is 2.76. The SMILES string of the molecule is CC.CC.CC(=O)Nc1cccc(C(F)(F)F)c1. The van der Waals surface area contributed by atoms with E-state index >= 15 is 0 Å². The first-order valence-corrected chi connectivity index (χ1v) is 5.84. The van der Waals surface area contributed by atoms with Gasteiger partial charge in [0.2, 0.25) is 5.91 Å². The van der Waals surface area contributed by atoms with E-state index in [0.29, 0.717) is 0 Å². The Morgan fingerprint density at radius 3 is 2.00 bits per heavy atom. The smallest absolute Gasteiger partial charge is 0.326 e. The van der Waals surface area contributed by atoms with Gasteiger partial charge in [-0.1, -0.05) is 33.8 Å². The number of hydrogen-bond donors (Lipinski definition) is 1. The first kappa shape index (κ1) is 18.8. The Balaban J connectivity index is 0. The van der Waals surface area contributed by atoms with Crippen molar-refractivity contribution in [1.29, 1.82) is 0 Å². The predicted octanol–water partition coefficient (Wildman–Crippen LogP) is 4.72. The Morgan fingerprint density at radius 2 is 1.61 bits per heavy atom. The van der Waals surface area contributed by atoms with Gasteiger partial charge in [0, 0.05) is 12.6 Å². The topological polar surface area (TPSA) is 29.1 Å². The molecule has 0 heterocycles. The summed E-state index contributed by atoms with van der Waals surface area (Å²) in [5.41, 5.74) is -0.629. The summed E-state index contributed by atoms with van der Waals surface area (Å²) in [7, 11) is 0. The minimum Gasteiger partial charge on any atom is -0.326 e. The monoisotopic (exact) mass is 263 g/mol. The maximum atomic E-state index is 12.2. The lowest BCUT2D eigenvalue weighted by atomic mass is 10.2. The van der Waals surface area contributed by atoms with E-state index in [-0.39, 0.29) is 5.69 Å². The summed E-state index contributed by atoms with van der Waals surface area (Å²) in [6.07, 6.45) is -4.38. The molecule has 0 atom stereocenters. The Bertz CT molecular complexity index is 348. The second kappa shape index (κ2) is 9.50. The lowest BCUT2D eigenvalue weighted by Crippen LogP contribution is -2.09. The van der Waals surface area contributed by atoms with Gasteiger partial charge in [0.05, 0.1) is 5.56 Å². The van der Waals surface area contributed by atoms with E-state index in [1.54, 1.807) is 0 Å². The number of carbonyl (C=O) groups is 1. The highest BCUT2D eigenvalue weighted by Gasteiger charge is 2.30. The molecule has 18 heavy (non-hydrogen) atoms. The summed E-state index contributed by atoms with van der Waals surface area (Å²) in [5.74, 6) is -0.399. The molecular weight excluding hydrogens is 243 g/mol. The van der Waals surface area contributed by atoms with Crippen LogP contribution < -0.4 is 5.32 Å². The van der Waals surface area contributed by atoms with Gasteiger partial charge in [0.15, 0.2) is 0 Å². The molecule has 0 unspecified atom stereocenters. The largest absolute Gasteiger partial charge is 0.416 e. The van der Waals surface area contributed by atoms with Crippen LogP contribution in [0.15, 0.2) is 24.3 Å². The standard InChI is InChI=1S/C9H8F3NO.2C2H6/c1-6(14)13-8-4-2-3-7(5-8)9(10,11)12;2*1-2/h2-5H,1H3,(H,13,14);2*1-2H3. The average Bonchev–Trinajstić information content (AvgIpc) is 2.33. The molecule has 0 bridgehead atoms. The maximum absolute atomic E-state index is 12.2. The number of amides is 1. The highest BCUT2D eigenvalue weighted by Crippen LogP contribution is 2.30. The number of benzene rings is 1. The van der Waals surface area contributed by atoms with Crippen molar-refractivity contribution >= 4 is 11.6 Å². The molecule has 0 spiro atoms. The van der Waals surface area contributed by atoms with Crippen LogP contribution in [0, 0.1) is 0 Å². The van der Waals surface area contributed by atoms with E-state index in [4.69, 9.17) is 0 Å². The summed E-state index contributed by atoms with van der Waals surface area (Å²) >= 11 is 0. The minimum atomic E-state index is -4.38. The Kier molecular flexibility index (Phi) is 9.94. The molecule has 0 aromatic heterocycles. The van der Waals surface area contributed by atoms with Crippen molar-refractivity contribution in [3.8, 4) is 0 Å². The molecule has 0 aliphatic rings. The van der Waals surface area contributed by atoms with E-state index in [2.05, 4.69) is 5.32 Å². The van der Waals surface area contributed by atoms with Gasteiger partial charge in [-0.15, -0.1) is 0 Å². The number of alkyl halides is 3. The van der Waals surface area contributed by atoms with Crippen LogP contribution in [0.3, 0.4) is 0 Å². The molecule has 0 aliphatic carbocycles. The normalized spacial score (nSPS) is 9.33. The molecule has 0 saturated heterocycles. The van der Waals surface area contributed by atoms with Crippen LogP contribution in [0.25, 0.3) is 0 Å². The molecule has 104 valence electrons. The van der Waals surface area contributed by atoms with E-state index in [9.17, 15) is 18.0 Å². The fourth-order valence-electron chi connectivity index (χ4n) is 0.977. The van der Waals surface area contributed by atoms with Crippen molar-refractivity contribution in [2.24, 2.45) is 0 Å². The zero-order chi connectivity index (χ0) is 14.8. The van der Waals surface area contributed by atoms with Gasteiger partial charge in [-0.05, 0) is 18.2 Å². The van der Waals surface area contributed by atoms with Gasteiger partial charge in [0.25, 0.3) is 0 Å². The second-order valence-corrected chi connectivity index (χ2v) is 2.76. The van der Waals surface area contributed by atoms with Crippen molar-refractivity contribution in [3.63, 3.8) is 0 Å². The highest BCUT2D eigenvalue weighted by molar-refractivity contribution is 5.88. The van der Waals surface area contributed by atoms with Gasteiger partial charge >= 0.3 is 6.18 Å². The van der Waals surface area contributed by atoms with Crippen LogP contribution in [0.5, 0.6) is 0 Å². The average molecular weight is 263 g/mol. The summed E-state index contributed by atoms with van der Waals surface area (Å²) in [6.45, 7) is 9.24.